The topological polar surface area (TPSA) is 106 Å². The third kappa shape index (κ3) is 4.77. The number of amides is 3. The molecule has 0 radical (unpaired) electrons. The summed E-state index contributed by atoms with van der Waals surface area (Å²) in [5.74, 6) is -0.530. The minimum Gasteiger partial charge on any atom is -0.486 e. The van der Waals surface area contributed by atoms with Crippen LogP contribution in [0.25, 0.3) is 0 Å². The number of anilines is 1. The normalized spacial score (nSPS) is 35.5. The van der Waals surface area contributed by atoms with E-state index in [1.807, 2.05) is 36.4 Å². The van der Waals surface area contributed by atoms with Gasteiger partial charge in [0.1, 0.15) is 18.2 Å². The Morgan fingerprint density at radius 1 is 1.05 bits per heavy atom. The highest BCUT2D eigenvalue weighted by Crippen LogP contribution is 2.55. The lowest BCUT2D eigenvalue weighted by Crippen LogP contribution is -2.59. The molecule has 226 valence electrons. The first-order valence-corrected chi connectivity index (χ1v) is 15.6. The van der Waals surface area contributed by atoms with Crippen molar-refractivity contribution < 1.29 is 28.6 Å². The molecule has 2 saturated heterocycles. The molecule has 9 atom stereocenters. The van der Waals surface area contributed by atoms with E-state index in [2.05, 4.69) is 24.5 Å². The number of para-hydroxylation sites is 2. The van der Waals surface area contributed by atoms with Crippen molar-refractivity contribution in [3.8, 4) is 11.5 Å². The number of carbonyl (C=O) groups excluding carboxylic acids is 3. The largest absolute Gasteiger partial charge is 0.486 e. The number of nitrogens with zero attached hydrogens (tertiary/aromatic N) is 1. The van der Waals surface area contributed by atoms with E-state index in [1.54, 1.807) is 29.2 Å². The summed E-state index contributed by atoms with van der Waals surface area (Å²) >= 11 is 6.03. The number of rotatable bonds is 6. The van der Waals surface area contributed by atoms with E-state index in [4.69, 9.17) is 25.8 Å². The molecule has 4 aliphatic heterocycles. The highest BCUT2D eigenvalue weighted by molar-refractivity contribution is 6.30. The fraction of sp³-hybridized carbons (Fsp3) is 0.485. The molecule has 2 aromatic carbocycles. The van der Waals surface area contributed by atoms with Gasteiger partial charge < -0.3 is 29.7 Å². The first kappa shape index (κ1) is 28.2. The molecule has 7 rings (SSSR count). The van der Waals surface area contributed by atoms with Gasteiger partial charge in [0.05, 0.1) is 24.5 Å². The van der Waals surface area contributed by atoms with Crippen molar-refractivity contribution in [3.63, 3.8) is 0 Å². The summed E-state index contributed by atoms with van der Waals surface area (Å²) in [6.45, 7) is 4.74. The average molecular weight is 606 g/mol. The summed E-state index contributed by atoms with van der Waals surface area (Å²) < 4.78 is 18.6. The number of benzene rings is 2. The molecule has 4 heterocycles. The maximum absolute atomic E-state index is 14.4. The maximum atomic E-state index is 14.4. The van der Waals surface area contributed by atoms with Crippen molar-refractivity contribution in [2.75, 3.05) is 18.5 Å². The molecule has 1 spiro atoms. The van der Waals surface area contributed by atoms with Crippen LogP contribution in [0.4, 0.5) is 5.69 Å². The highest BCUT2D eigenvalue weighted by Gasteiger charge is 2.73. The first-order valence-electron chi connectivity index (χ1n) is 15.2. The molecule has 7 unspecified atom stereocenters. The zero-order valence-electron chi connectivity index (χ0n) is 24.2. The summed E-state index contributed by atoms with van der Waals surface area (Å²) in [6, 6.07) is 13.2. The van der Waals surface area contributed by atoms with Gasteiger partial charge >= 0.3 is 0 Å². The Bertz CT molecular complexity index is 1460. The van der Waals surface area contributed by atoms with E-state index in [9.17, 15) is 14.4 Å². The number of fused-ring (bicyclic) bond motifs is 2. The third-order valence-corrected chi connectivity index (χ3v) is 10.3. The van der Waals surface area contributed by atoms with E-state index in [1.165, 1.54) is 0 Å². The second-order valence-electron chi connectivity index (χ2n) is 12.6. The molecule has 1 aliphatic carbocycles. The van der Waals surface area contributed by atoms with Gasteiger partial charge in [-0.2, -0.15) is 0 Å². The zero-order chi connectivity index (χ0) is 29.9. The summed E-state index contributed by atoms with van der Waals surface area (Å²) in [4.78, 5) is 43.9. The molecule has 5 aliphatic rings. The molecule has 2 aromatic rings. The van der Waals surface area contributed by atoms with Crippen molar-refractivity contribution in [1.29, 1.82) is 0 Å². The van der Waals surface area contributed by atoms with Crippen LogP contribution in [0.15, 0.2) is 60.7 Å². The molecule has 2 N–H and O–H groups in total. The fourth-order valence-corrected chi connectivity index (χ4v) is 7.77. The number of ether oxygens (including phenoxy) is 3. The maximum Gasteiger partial charge on any atom is 0.246 e. The van der Waals surface area contributed by atoms with Crippen LogP contribution < -0.4 is 20.1 Å². The van der Waals surface area contributed by atoms with E-state index in [-0.39, 0.29) is 36.9 Å². The van der Waals surface area contributed by atoms with Gasteiger partial charge in [-0.15, -0.1) is 0 Å². The van der Waals surface area contributed by atoms with E-state index in [0.717, 1.165) is 19.3 Å². The van der Waals surface area contributed by atoms with Crippen LogP contribution in [0, 0.1) is 23.7 Å². The lowest BCUT2D eigenvalue weighted by Gasteiger charge is -2.38. The van der Waals surface area contributed by atoms with Crippen LogP contribution >= 0.6 is 11.6 Å². The number of carbonyl (C=O) groups is 3. The smallest absolute Gasteiger partial charge is 0.246 e. The predicted molar refractivity (Wildman–Crippen MR) is 160 cm³/mol. The molecule has 3 amide bonds. The molecule has 10 heteroatoms. The first-order chi connectivity index (χ1) is 20.7. The average Bonchev–Trinajstić information content (AvgIpc) is 3.64. The minimum atomic E-state index is -1.26. The lowest BCUT2D eigenvalue weighted by atomic mass is 9.73. The molecule has 43 heavy (non-hydrogen) atoms. The van der Waals surface area contributed by atoms with Crippen molar-refractivity contribution in [2.24, 2.45) is 23.7 Å². The SMILES string of the molecule is CC1CCCC(NC(=O)C2N(CC3COc4ccccc4O3)C(=O)[C@H]3C(C(=O)Nc4ccc(Cl)cc4)[C@H]4C=CC23O4)C1C. The monoisotopic (exact) mass is 605 g/mol. The van der Waals surface area contributed by atoms with Gasteiger partial charge in [0.2, 0.25) is 17.7 Å². The second-order valence-corrected chi connectivity index (χ2v) is 13.0. The van der Waals surface area contributed by atoms with Crippen LogP contribution in [0.2, 0.25) is 5.02 Å². The van der Waals surface area contributed by atoms with Gasteiger partial charge in [-0.25, -0.2) is 0 Å². The summed E-state index contributed by atoms with van der Waals surface area (Å²) in [5.41, 5.74) is -0.691. The van der Waals surface area contributed by atoms with Crippen molar-refractivity contribution in [1.82, 2.24) is 10.2 Å². The van der Waals surface area contributed by atoms with Crippen LogP contribution in [-0.4, -0.2) is 65.7 Å². The third-order valence-electron chi connectivity index (χ3n) is 10.0. The standard InChI is InChI=1S/C33H36ClN3O6/c1-18-6-5-7-23(19(18)2)36-31(39)29-33-15-14-26(43-33)27(30(38)35-21-12-10-20(34)11-13-21)28(33)32(40)37(29)16-22-17-41-24-8-3-4-9-25(24)42-22/h3-4,8-15,18-19,22-23,26-29H,5-7,16-17H2,1-2H3,(H,35,38)(H,36,39)/t18?,19?,22?,23?,26-,27?,28-,29?,33?/m1/s1. The molecule has 1 saturated carbocycles. The van der Waals surface area contributed by atoms with Crippen LogP contribution in [0.3, 0.4) is 0 Å². The van der Waals surface area contributed by atoms with Crippen molar-refractivity contribution >= 4 is 35.0 Å². The van der Waals surface area contributed by atoms with Crippen LogP contribution in [-0.2, 0) is 19.1 Å². The molecule has 0 aromatic heterocycles. The lowest BCUT2D eigenvalue weighted by molar-refractivity contribution is -0.143. The number of hydrogen-bond acceptors (Lipinski definition) is 6. The molecule has 9 nitrogen and oxygen atoms in total. The van der Waals surface area contributed by atoms with Gasteiger partial charge in [0.25, 0.3) is 0 Å². The fourth-order valence-electron chi connectivity index (χ4n) is 7.64. The summed E-state index contributed by atoms with van der Waals surface area (Å²) in [7, 11) is 0. The number of hydrogen-bond donors (Lipinski definition) is 2. The van der Waals surface area contributed by atoms with E-state index in [0.29, 0.717) is 34.0 Å². The van der Waals surface area contributed by atoms with Gasteiger partial charge in [0, 0.05) is 16.8 Å². The van der Waals surface area contributed by atoms with Crippen LogP contribution in [0.5, 0.6) is 11.5 Å². The Balaban J connectivity index is 1.19. The van der Waals surface area contributed by atoms with E-state index >= 15 is 0 Å². The van der Waals surface area contributed by atoms with Crippen molar-refractivity contribution in [3.05, 3.63) is 65.7 Å². The van der Waals surface area contributed by atoms with Gasteiger partial charge in [0.15, 0.2) is 17.6 Å². The van der Waals surface area contributed by atoms with Crippen LogP contribution in [0.1, 0.15) is 33.1 Å². The predicted octanol–water partition coefficient (Wildman–Crippen LogP) is 4.21. The molecular weight excluding hydrogens is 570 g/mol. The molecular formula is C33H36ClN3O6. The number of halogens is 1. The quantitative estimate of drug-likeness (QED) is 0.478. The Morgan fingerprint density at radius 3 is 2.60 bits per heavy atom. The Hall–Kier alpha value is -3.56. The van der Waals surface area contributed by atoms with Gasteiger partial charge in [-0.1, -0.05) is 62.6 Å². The minimum absolute atomic E-state index is 0.00336. The number of likely N-dealkylation sites (tertiary alicyclic amines) is 1. The molecule has 3 fully saturated rings. The Morgan fingerprint density at radius 2 is 1.81 bits per heavy atom. The summed E-state index contributed by atoms with van der Waals surface area (Å²) in [6.07, 6.45) is 5.59. The van der Waals surface area contributed by atoms with E-state index < -0.39 is 35.7 Å². The highest BCUT2D eigenvalue weighted by atomic mass is 35.5. The summed E-state index contributed by atoms with van der Waals surface area (Å²) in [5, 5.41) is 6.77. The second kappa shape index (κ2) is 10.9. The van der Waals surface area contributed by atoms with Gasteiger partial charge in [-0.05, 0) is 54.7 Å². The molecule has 2 bridgehead atoms. The van der Waals surface area contributed by atoms with Gasteiger partial charge in [-0.3, -0.25) is 14.4 Å². The van der Waals surface area contributed by atoms with Crippen molar-refractivity contribution in [2.45, 2.75) is 63.0 Å². The Kier molecular flexibility index (Phi) is 7.13. The Labute approximate surface area is 255 Å². The number of nitrogens with one attached hydrogen (secondary N) is 2. The zero-order valence-corrected chi connectivity index (χ0v) is 25.0.